The molecule has 3 aromatic rings. The molecule has 1 aromatic heterocycles. The number of nitrogens with zero attached hydrogens (tertiary/aromatic N) is 1. The number of hydrogen-bond donors (Lipinski definition) is 2. The number of aliphatic hydroxyl groups is 2. The maximum atomic E-state index is 13.9. The fourth-order valence-corrected chi connectivity index (χ4v) is 3.46. The Morgan fingerprint density at radius 2 is 1.58 bits per heavy atom. The Hall–Kier alpha value is -2.98. The molecule has 31 heavy (non-hydrogen) atoms. The van der Waals surface area contributed by atoms with Crippen molar-refractivity contribution in [2.45, 2.75) is 31.2 Å². The van der Waals surface area contributed by atoms with Crippen molar-refractivity contribution in [2.24, 2.45) is 0 Å². The van der Waals surface area contributed by atoms with Crippen LogP contribution in [0.2, 0.25) is 0 Å². The van der Waals surface area contributed by atoms with E-state index in [1.807, 2.05) is 0 Å². The van der Waals surface area contributed by atoms with E-state index in [1.165, 1.54) is 13.2 Å². The molecule has 1 fully saturated rings. The summed E-state index contributed by atoms with van der Waals surface area (Å²) in [5.74, 6) is -13.0. The molecule has 4 rings (SSSR count). The van der Waals surface area contributed by atoms with Crippen LogP contribution >= 0.6 is 0 Å². The molecule has 0 bridgehead atoms. The van der Waals surface area contributed by atoms with E-state index in [0.717, 1.165) is 6.42 Å². The molecule has 1 atom stereocenters. The number of fused-ring (bicyclic) bond motifs is 1. The monoisotopic (exact) mass is 441 g/mol. The Bertz CT molecular complexity index is 1150. The number of pyridine rings is 1. The molecule has 1 heterocycles. The first-order valence-corrected chi connectivity index (χ1v) is 9.24. The molecule has 0 amide bonds. The highest BCUT2D eigenvalue weighted by Gasteiger charge is 2.36. The lowest BCUT2D eigenvalue weighted by Gasteiger charge is -2.37. The van der Waals surface area contributed by atoms with Gasteiger partial charge in [-0.15, -0.1) is 0 Å². The second-order valence-corrected chi connectivity index (χ2v) is 7.25. The molecule has 10 heteroatoms. The topological polar surface area (TPSA) is 71.8 Å². The molecule has 2 N–H and O–H groups in total. The van der Waals surface area contributed by atoms with Gasteiger partial charge in [0.2, 0.25) is 47.0 Å². The molecule has 0 radical (unpaired) electrons. The van der Waals surface area contributed by atoms with E-state index in [9.17, 15) is 32.2 Å². The van der Waals surface area contributed by atoms with Crippen LogP contribution in [0.15, 0.2) is 24.3 Å². The highest BCUT2D eigenvalue weighted by atomic mass is 19.2. The minimum Gasteiger partial charge on any atom is -0.481 e. The van der Waals surface area contributed by atoms with Gasteiger partial charge in [-0.1, -0.05) is 12.1 Å². The van der Waals surface area contributed by atoms with Gasteiger partial charge in [-0.2, -0.15) is 8.78 Å². The molecule has 1 aliphatic carbocycles. The number of ether oxygens (including phenoxy) is 2. The van der Waals surface area contributed by atoms with Crippen LogP contribution in [0.4, 0.5) is 22.0 Å². The van der Waals surface area contributed by atoms with Crippen LogP contribution in [0, 0.1) is 29.1 Å². The molecule has 1 saturated carbocycles. The van der Waals surface area contributed by atoms with Crippen LogP contribution in [-0.2, 0) is 5.60 Å². The second-order valence-electron chi connectivity index (χ2n) is 7.25. The van der Waals surface area contributed by atoms with Gasteiger partial charge < -0.3 is 19.7 Å². The van der Waals surface area contributed by atoms with Crippen molar-refractivity contribution in [1.29, 1.82) is 0 Å². The Morgan fingerprint density at radius 1 is 0.968 bits per heavy atom. The van der Waals surface area contributed by atoms with E-state index < -0.39 is 46.7 Å². The third-order valence-electron chi connectivity index (χ3n) is 5.39. The average molecular weight is 441 g/mol. The lowest BCUT2D eigenvalue weighted by atomic mass is 9.75. The lowest BCUT2D eigenvalue weighted by Crippen LogP contribution is -2.33. The van der Waals surface area contributed by atoms with Crippen LogP contribution in [0.3, 0.4) is 0 Å². The quantitative estimate of drug-likeness (QED) is 0.266. The van der Waals surface area contributed by atoms with Gasteiger partial charge in [0.25, 0.3) is 0 Å². The van der Waals surface area contributed by atoms with Gasteiger partial charge >= 0.3 is 0 Å². The molecular weight excluding hydrogens is 425 g/mol. The molecule has 1 aliphatic rings. The Morgan fingerprint density at radius 3 is 2.13 bits per heavy atom. The molecule has 164 valence electrons. The summed E-state index contributed by atoms with van der Waals surface area (Å²) in [4.78, 5) is 4.21. The highest BCUT2D eigenvalue weighted by molar-refractivity contribution is 5.81. The minimum absolute atomic E-state index is 0.193. The van der Waals surface area contributed by atoms with E-state index in [0.29, 0.717) is 29.3 Å². The minimum atomic E-state index is -2.34. The van der Waals surface area contributed by atoms with Gasteiger partial charge in [0, 0.05) is 5.39 Å². The van der Waals surface area contributed by atoms with Gasteiger partial charge in [-0.05, 0) is 37.0 Å². The molecular formula is C21H16F5NO4. The molecule has 0 saturated heterocycles. The van der Waals surface area contributed by atoms with Crippen molar-refractivity contribution in [3.63, 3.8) is 0 Å². The normalized spacial score (nSPS) is 16.1. The van der Waals surface area contributed by atoms with Crippen molar-refractivity contribution < 1.29 is 41.6 Å². The summed E-state index contributed by atoms with van der Waals surface area (Å²) in [6.07, 6.45) is -0.0360. The van der Waals surface area contributed by atoms with E-state index in [4.69, 9.17) is 4.74 Å². The maximum absolute atomic E-state index is 13.9. The molecule has 5 nitrogen and oxygen atoms in total. The number of hydrogen-bond acceptors (Lipinski definition) is 5. The second kappa shape index (κ2) is 7.61. The summed E-state index contributed by atoms with van der Waals surface area (Å²) >= 11 is 0. The summed E-state index contributed by atoms with van der Waals surface area (Å²) in [6.45, 7) is 0. The van der Waals surface area contributed by atoms with E-state index in [-0.39, 0.29) is 11.4 Å². The van der Waals surface area contributed by atoms with Gasteiger partial charge in [-0.3, -0.25) is 0 Å². The van der Waals surface area contributed by atoms with Crippen LogP contribution in [0.1, 0.15) is 36.7 Å². The summed E-state index contributed by atoms with van der Waals surface area (Å²) in [5, 5.41) is 21.3. The first kappa shape index (κ1) is 21.3. The Kier molecular flexibility index (Phi) is 5.22. The largest absolute Gasteiger partial charge is 0.481 e. The SMILES string of the molecule is COc1nc2cc(C3(O)CCC3)ccc2cc1C(O)Oc1c(F)c(F)c(F)c(F)c1F. The van der Waals surface area contributed by atoms with Crippen LogP contribution in [-0.4, -0.2) is 22.3 Å². The number of benzene rings is 2. The zero-order valence-corrected chi connectivity index (χ0v) is 16.1. The fourth-order valence-electron chi connectivity index (χ4n) is 3.46. The fraction of sp³-hybridized carbons (Fsp3) is 0.286. The lowest BCUT2D eigenvalue weighted by molar-refractivity contribution is -0.0387. The van der Waals surface area contributed by atoms with E-state index >= 15 is 0 Å². The summed E-state index contributed by atoms with van der Waals surface area (Å²) < 4.78 is 77.5. The number of halogens is 5. The van der Waals surface area contributed by atoms with Crippen molar-refractivity contribution in [1.82, 2.24) is 4.98 Å². The maximum Gasteiger partial charge on any atom is 0.229 e. The molecule has 0 spiro atoms. The van der Waals surface area contributed by atoms with Crippen LogP contribution < -0.4 is 9.47 Å². The van der Waals surface area contributed by atoms with E-state index in [1.54, 1.807) is 18.2 Å². The molecule has 1 unspecified atom stereocenters. The average Bonchev–Trinajstić information content (AvgIpc) is 2.76. The predicted molar refractivity (Wildman–Crippen MR) is 97.9 cm³/mol. The van der Waals surface area contributed by atoms with Crippen LogP contribution in [0.25, 0.3) is 10.9 Å². The Balaban J connectivity index is 1.73. The van der Waals surface area contributed by atoms with Gasteiger partial charge in [-0.25, -0.2) is 18.2 Å². The number of aromatic nitrogens is 1. The first-order chi connectivity index (χ1) is 14.7. The predicted octanol–water partition coefficient (Wildman–Crippen LogP) is 4.38. The zero-order valence-electron chi connectivity index (χ0n) is 16.1. The van der Waals surface area contributed by atoms with Gasteiger partial charge in [0.15, 0.2) is 0 Å². The molecule has 0 aliphatic heterocycles. The molecule has 2 aromatic carbocycles. The third kappa shape index (κ3) is 3.45. The van der Waals surface area contributed by atoms with Crippen molar-refractivity contribution >= 4 is 10.9 Å². The van der Waals surface area contributed by atoms with Gasteiger partial charge in [0.1, 0.15) is 0 Å². The standard InChI is InChI=1S/C21H16F5NO4/c1-30-19-11(20(28)31-18-16(25)14(23)13(22)15(24)17(18)26)7-9-3-4-10(8-12(9)27-19)21(29)5-2-6-21/h3-4,7-8,20,28-29H,2,5-6H2,1H3. The van der Waals surface area contributed by atoms with Crippen molar-refractivity contribution in [3.8, 4) is 11.6 Å². The third-order valence-corrected chi connectivity index (χ3v) is 5.39. The van der Waals surface area contributed by atoms with Crippen molar-refractivity contribution in [2.75, 3.05) is 7.11 Å². The number of methoxy groups -OCH3 is 1. The van der Waals surface area contributed by atoms with Crippen LogP contribution in [0.5, 0.6) is 11.6 Å². The van der Waals surface area contributed by atoms with Gasteiger partial charge in [0.05, 0.1) is 23.8 Å². The zero-order chi connectivity index (χ0) is 22.5. The smallest absolute Gasteiger partial charge is 0.229 e. The summed E-state index contributed by atoms with van der Waals surface area (Å²) in [5.41, 5.74) is -0.0708. The highest BCUT2D eigenvalue weighted by Crippen LogP contribution is 2.42. The summed E-state index contributed by atoms with van der Waals surface area (Å²) in [7, 11) is 1.21. The summed E-state index contributed by atoms with van der Waals surface area (Å²) in [6, 6.07) is 6.28. The number of aliphatic hydroxyl groups excluding tert-OH is 1. The Labute approximate surface area is 172 Å². The number of rotatable bonds is 5. The van der Waals surface area contributed by atoms with E-state index in [2.05, 4.69) is 9.72 Å². The van der Waals surface area contributed by atoms with Crippen molar-refractivity contribution in [3.05, 3.63) is 64.5 Å². The first-order valence-electron chi connectivity index (χ1n) is 9.24.